The summed E-state index contributed by atoms with van der Waals surface area (Å²) in [5.74, 6) is 0.148. The molecule has 0 spiro atoms. The Kier molecular flexibility index (Phi) is 6.86. The Morgan fingerprint density at radius 2 is 1.47 bits per heavy atom. The van der Waals surface area contributed by atoms with Crippen LogP contribution in [-0.2, 0) is 4.79 Å². The summed E-state index contributed by atoms with van der Waals surface area (Å²) in [6.07, 6.45) is -0.694. The number of anilines is 1. The van der Waals surface area contributed by atoms with Gasteiger partial charge in [0.2, 0.25) is 0 Å². The molecule has 3 rings (SSSR count). The van der Waals surface area contributed by atoms with Crippen LogP contribution >= 0.6 is 0 Å². The van der Waals surface area contributed by atoms with E-state index in [9.17, 15) is 9.59 Å². The van der Waals surface area contributed by atoms with Crippen LogP contribution in [0.5, 0.6) is 5.75 Å². The fraction of sp³-hybridized carbons (Fsp3) is 0.200. The zero-order valence-corrected chi connectivity index (χ0v) is 17.4. The molecule has 0 radical (unpaired) electrons. The molecule has 30 heavy (non-hydrogen) atoms. The van der Waals surface area contributed by atoms with E-state index in [-0.39, 0.29) is 17.9 Å². The van der Waals surface area contributed by atoms with Gasteiger partial charge in [0.1, 0.15) is 5.75 Å². The molecule has 2 N–H and O–H groups in total. The summed E-state index contributed by atoms with van der Waals surface area (Å²) < 4.78 is 5.78. The largest absolute Gasteiger partial charge is 0.481 e. The van der Waals surface area contributed by atoms with E-state index in [1.54, 1.807) is 31.2 Å². The molecule has 0 saturated heterocycles. The summed E-state index contributed by atoms with van der Waals surface area (Å²) in [6.45, 7) is 5.49. The van der Waals surface area contributed by atoms with Gasteiger partial charge in [0.15, 0.2) is 6.10 Å². The average molecular weight is 402 g/mol. The quantitative estimate of drug-likeness (QED) is 0.591. The third-order valence-electron chi connectivity index (χ3n) is 4.46. The molecule has 0 aliphatic heterocycles. The Morgan fingerprint density at radius 3 is 2.13 bits per heavy atom. The number of amides is 2. The second-order valence-corrected chi connectivity index (χ2v) is 7.35. The molecule has 0 bridgehead atoms. The summed E-state index contributed by atoms with van der Waals surface area (Å²) in [4.78, 5) is 24.7. The highest BCUT2D eigenvalue weighted by Crippen LogP contribution is 2.23. The van der Waals surface area contributed by atoms with Crippen LogP contribution in [-0.4, -0.2) is 24.0 Å². The van der Waals surface area contributed by atoms with Crippen molar-refractivity contribution in [3.63, 3.8) is 0 Å². The van der Waals surface area contributed by atoms with Crippen LogP contribution in [0.1, 0.15) is 31.1 Å². The molecule has 2 amide bonds. The van der Waals surface area contributed by atoms with Crippen molar-refractivity contribution >= 4 is 17.5 Å². The lowest BCUT2D eigenvalue weighted by molar-refractivity contribution is -0.122. The van der Waals surface area contributed by atoms with E-state index < -0.39 is 6.10 Å². The lowest BCUT2D eigenvalue weighted by Crippen LogP contribution is -2.31. The Bertz CT molecular complexity index is 998. The fourth-order valence-corrected chi connectivity index (χ4v) is 2.94. The van der Waals surface area contributed by atoms with Gasteiger partial charge in [0, 0.05) is 17.3 Å². The number of ether oxygens (including phenoxy) is 1. The number of benzene rings is 3. The van der Waals surface area contributed by atoms with Crippen molar-refractivity contribution in [1.29, 1.82) is 0 Å². The lowest BCUT2D eigenvalue weighted by Gasteiger charge is -2.16. The minimum absolute atomic E-state index is 0.0393. The molecular weight excluding hydrogens is 376 g/mol. The normalized spacial score (nSPS) is 11.6. The van der Waals surface area contributed by atoms with Gasteiger partial charge in [-0.3, -0.25) is 9.59 Å². The first-order valence-electron chi connectivity index (χ1n) is 9.96. The number of hydrogen-bond donors (Lipinski definition) is 2. The van der Waals surface area contributed by atoms with Crippen LogP contribution in [0.3, 0.4) is 0 Å². The molecule has 0 saturated carbocycles. The standard InChI is InChI=1S/C25H26N2O3/c1-17(2)26-25(29)21-10-7-11-22(16-21)27-24(28)18(3)30-23-14-12-20(13-15-23)19-8-5-4-6-9-19/h4-18H,1-3H3,(H,26,29)(H,27,28). The molecule has 0 aromatic heterocycles. The fourth-order valence-electron chi connectivity index (χ4n) is 2.94. The SMILES string of the molecule is CC(C)NC(=O)c1cccc(NC(=O)C(C)Oc2ccc(-c3ccccc3)cc2)c1. The molecule has 0 heterocycles. The topological polar surface area (TPSA) is 67.4 Å². The van der Waals surface area contributed by atoms with Gasteiger partial charge in [-0.1, -0.05) is 48.5 Å². The Morgan fingerprint density at radius 1 is 0.800 bits per heavy atom. The van der Waals surface area contributed by atoms with Crippen LogP contribution in [0.2, 0.25) is 0 Å². The summed E-state index contributed by atoms with van der Waals surface area (Å²) in [7, 11) is 0. The number of carbonyl (C=O) groups is 2. The van der Waals surface area contributed by atoms with Gasteiger partial charge < -0.3 is 15.4 Å². The van der Waals surface area contributed by atoms with Crippen molar-refractivity contribution in [3.05, 3.63) is 84.4 Å². The van der Waals surface area contributed by atoms with Crippen molar-refractivity contribution in [2.45, 2.75) is 32.9 Å². The summed E-state index contributed by atoms with van der Waals surface area (Å²) in [5.41, 5.74) is 3.24. The van der Waals surface area contributed by atoms with Crippen LogP contribution < -0.4 is 15.4 Å². The van der Waals surface area contributed by atoms with Gasteiger partial charge in [-0.15, -0.1) is 0 Å². The lowest BCUT2D eigenvalue weighted by atomic mass is 10.1. The smallest absolute Gasteiger partial charge is 0.265 e. The molecule has 154 valence electrons. The van der Waals surface area contributed by atoms with Gasteiger partial charge in [-0.05, 0) is 62.2 Å². The molecule has 3 aromatic carbocycles. The Balaban J connectivity index is 1.60. The minimum atomic E-state index is -0.694. The van der Waals surface area contributed by atoms with E-state index in [2.05, 4.69) is 10.6 Å². The van der Waals surface area contributed by atoms with Crippen LogP contribution in [0.15, 0.2) is 78.9 Å². The molecule has 1 atom stereocenters. The highest BCUT2D eigenvalue weighted by molar-refractivity contribution is 5.98. The number of rotatable bonds is 7. The summed E-state index contributed by atoms with van der Waals surface area (Å²) in [6, 6.07) is 24.6. The van der Waals surface area contributed by atoms with Crippen molar-refractivity contribution in [2.75, 3.05) is 5.32 Å². The zero-order valence-electron chi connectivity index (χ0n) is 17.4. The second-order valence-electron chi connectivity index (χ2n) is 7.35. The van der Waals surface area contributed by atoms with E-state index in [4.69, 9.17) is 4.74 Å². The van der Waals surface area contributed by atoms with Crippen LogP contribution in [0, 0.1) is 0 Å². The zero-order chi connectivity index (χ0) is 21.5. The third-order valence-corrected chi connectivity index (χ3v) is 4.46. The summed E-state index contributed by atoms with van der Waals surface area (Å²) >= 11 is 0. The van der Waals surface area contributed by atoms with Gasteiger partial charge in [0.05, 0.1) is 0 Å². The molecule has 0 fully saturated rings. The number of carbonyl (C=O) groups excluding carboxylic acids is 2. The first-order chi connectivity index (χ1) is 14.4. The highest BCUT2D eigenvalue weighted by atomic mass is 16.5. The second kappa shape index (κ2) is 9.74. The molecule has 1 unspecified atom stereocenters. The van der Waals surface area contributed by atoms with Crippen LogP contribution in [0.25, 0.3) is 11.1 Å². The first kappa shape index (κ1) is 21.1. The third kappa shape index (κ3) is 5.70. The van der Waals surface area contributed by atoms with E-state index in [0.29, 0.717) is 17.0 Å². The Hall–Kier alpha value is -3.60. The van der Waals surface area contributed by atoms with Crippen molar-refractivity contribution in [1.82, 2.24) is 5.32 Å². The van der Waals surface area contributed by atoms with Gasteiger partial charge >= 0.3 is 0 Å². The van der Waals surface area contributed by atoms with E-state index in [1.807, 2.05) is 68.4 Å². The Labute approximate surface area is 177 Å². The van der Waals surface area contributed by atoms with Crippen molar-refractivity contribution < 1.29 is 14.3 Å². The number of nitrogens with one attached hydrogen (secondary N) is 2. The van der Waals surface area contributed by atoms with Gasteiger partial charge in [-0.2, -0.15) is 0 Å². The van der Waals surface area contributed by atoms with Gasteiger partial charge in [-0.25, -0.2) is 0 Å². The van der Waals surface area contributed by atoms with Gasteiger partial charge in [0.25, 0.3) is 11.8 Å². The first-order valence-corrected chi connectivity index (χ1v) is 9.96. The maximum atomic E-state index is 12.5. The monoisotopic (exact) mass is 402 g/mol. The predicted octanol–water partition coefficient (Wildman–Crippen LogP) is 4.90. The van der Waals surface area contributed by atoms with Crippen molar-refractivity contribution in [2.24, 2.45) is 0 Å². The highest BCUT2D eigenvalue weighted by Gasteiger charge is 2.16. The van der Waals surface area contributed by atoms with E-state index >= 15 is 0 Å². The maximum absolute atomic E-state index is 12.5. The molecule has 5 heteroatoms. The molecule has 0 aliphatic rings. The van der Waals surface area contributed by atoms with E-state index in [0.717, 1.165) is 11.1 Å². The molecule has 3 aromatic rings. The van der Waals surface area contributed by atoms with Crippen LogP contribution in [0.4, 0.5) is 5.69 Å². The molecule has 0 aliphatic carbocycles. The maximum Gasteiger partial charge on any atom is 0.265 e. The minimum Gasteiger partial charge on any atom is -0.481 e. The number of hydrogen-bond acceptors (Lipinski definition) is 3. The molecular formula is C25H26N2O3. The average Bonchev–Trinajstić information content (AvgIpc) is 2.74. The van der Waals surface area contributed by atoms with E-state index in [1.165, 1.54) is 0 Å². The molecule has 5 nitrogen and oxygen atoms in total. The predicted molar refractivity (Wildman–Crippen MR) is 120 cm³/mol. The summed E-state index contributed by atoms with van der Waals surface area (Å²) in [5, 5.41) is 5.64. The van der Waals surface area contributed by atoms with Crippen molar-refractivity contribution in [3.8, 4) is 16.9 Å².